The monoisotopic (exact) mass is 197 g/mol. The molecule has 72 valence electrons. The fraction of sp³-hybridized carbons (Fsp3) is 0.100. The van der Waals surface area contributed by atoms with Gasteiger partial charge in [-0.15, -0.1) is 0 Å². The fourth-order valence-electron chi connectivity index (χ4n) is 1.22. The fourth-order valence-corrected chi connectivity index (χ4v) is 1.22. The average molecular weight is 197 g/mol. The second-order valence-corrected chi connectivity index (χ2v) is 2.83. The third-order valence-electron chi connectivity index (χ3n) is 1.85. The Balaban J connectivity index is 2.26. The van der Waals surface area contributed by atoms with Crippen molar-refractivity contribution >= 4 is 11.0 Å². The highest BCUT2D eigenvalue weighted by molar-refractivity contribution is 5.76. The first-order valence-corrected chi connectivity index (χ1v) is 4.33. The highest BCUT2D eigenvalue weighted by Crippen LogP contribution is 2.10. The molecule has 0 aliphatic carbocycles. The van der Waals surface area contributed by atoms with E-state index >= 15 is 0 Å². The minimum Gasteiger partial charge on any atom is -0.346 e. The van der Waals surface area contributed by atoms with Gasteiger partial charge in [-0.05, 0) is 17.7 Å². The molecule has 0 atom stereocenters. The van der Waals surface area contributed by atoms with Crippen molar-refractivity contribution in [3.63, 3.8) is 0 Å². The largest absolute Gasteiger partial charge is 0.346 e. The maximum atomic E-state index is 8.05. The van der Waals surface area contributed by atoms with Crippen LogP contribution in [0.25, 0.3) is 21.5 Å². The molecule has 2 aromatic rings. The molecule has 1 N–H and O–H groups in total. The standard InChI is InChI=1S/C10H7N5/c11-15-14-4-1-2-8-6-9-3-5-12-10(9)13-7-8/h3,5-7H,4H2,(H,12,13). The molecule has 0 amide bonds. The molecule has 0 saturated heterocycles. The summed E-state index contributed by atoms with van der Waals surface area (Å²) in [6.45, 7) is 0.182. The van der Waals surface area contributed by atoms with E-state index in [1.807, 2.05) is 18.3 Å². The van der Waals surface area contributed by atoms with E-state index in [0.717, 1.165) is 16.6 Å². The van der Waals surface area contributed by atoms with E-state index in [1.54, 1.807) is 6.20 Å². The van der Waals surface area contributed by atoms with Gasteiger partial charge in [-0.2, -0.15) is 0 Å². The zero-order chi connectivity index (χ0) is 10.5. The minimum absolute atomic E-state index is 0.182. The van der Waals surface area contributed by atoms with Crippen LogP contribution in [-0.2, 0) is 0 Å². The Morgan fingerprint density at radius 3 is 3.40 bits per heavy atom. The third-order valence-corrected chi connectivity index (χ3v) is 1.85. The van der Waals surface area contributed by atoms with E-state index in [-0.39, 0.29) is 6.54 Å². The molecule has 2 heterocycles. The molecular weight excluding hydrogens is 190 g/mol. The maximum absolute atomic E-state index is 8.05. The Bertz CT molecular complexity index is 580. The molecule has 5 heteroatoms. The predicted molar refractivity (Wildman–Crippen MR) is 57.0 cm³/mol. The quantitative estimate of drug-likeness (QED) is 0.323. The third kappa shape index (κ3) is 2.08. The van der Waals surface area contributed by atoms with Gasteiger partial charge in [-0.3, -0.25) is 0 Å². The van der Waals surface area contributed by atoms with Gasteiger partial charge in [0, 0.05) is 28.3 Å². The van der Waals surface area contributed by atoms with Crippen molar-refractivity contribution in [1.29, 1.82) is 0 Å². The average Bonchev–Trinajstić information content (AvgIpc) is 2.71. The number of hydrogen-bond donors (Lipinski definition) is 1. The van der Waals surface area contributed by atoms with Crippen LogP contribution in [0.1, 0.15) is 5.56 Å². The van der Waals surface area contributed by atoms with E-state index < -0.39 is 0 Å². The molecule has 0 aliphatic heterocycles. The summed E-state index contributed by atoms with van der Waals surface area (Å²) in [5.74, 6) is 5.61. The van der Waals surface area contributed by atoms with E-state index in [9.17, 15) is 0 Å². The van der Waals surface area contributed by atoms with Crippen molar-refractivity contribution in [2.75, 3.05) is 6.54 Å². The summed E-state index contributed by atoms with van der Waals surface area (Å²) in [6.07, 6.45) is 3.51. The van der Waals surface area contributed by atoms with Crippen LogP contribution >= 0.6 is 0 Å². The predicted octanol–water partition coefficient (Wildman–Crippen LogP) is 2.22. The molecule has 15 heavy (non-hydrogen) atoms. The summed E-state index contributed by atoms with van der Waals surface area (Å²) in [5.41, 5.74) is 9.71. The number of nitrogens with one attached hydrogen (secondary N) is 1. The molecule has 0 bridgehead atoms. The summed E-state index contributed by atoms with van der Waals surface area (Å²) in [7, 11) is 0. The molecule has 5 nitrogen and oxygen atoms in total. The lowest BCUT2D eigenvalue weighted by Gasteiger charge is -1.90. The molecule has 0 unspecified atom stereocenters. The van der Waals surface area contributed by atoms with E-state index in [1.165, 1.54) is 0 Å². The van der Waals surface area contributed by atoms with Crippen molar-refractivity contribution in [2.24, 2.45) is 5.11 Å². The summed E-state index contributed by atoms with van der Waals surface area (Å²) >= 11 is 0. The van der Waals surface area contributed by atoms with Crippen LogP contribution in [0, 0.1) is 11.8 Å². The van der Waals surface area contributed by atoms with Crippen molar-refractivity contribution in [3.05, 3.63) is 40.5 Å². The van der Waals surface area contributed by atoms with Crippen molar-refractivity contribution in [1.82, 2.24) is 9.97 Å². The number of hydrogen-bond acceptors (Lipinski definition) is 2. The Morgan fingerprint density at radius 1 is 1.60 bits per heavy atom. The van der Waals surface area contributed by atoms with Crippen LogP contribution in [0.2, 0.25) is 0 Å². The van der Waals surface area contributed by atoms with Crippen molar-refractivity contribution in [2.45, 2.75) is 0 Å². The Hall–Kier alpha value is -2.44. The van der Waals surface area contributed by atoms with Crippen LogP contribution in [0.3, 0.4) is 0 Å². The Labute approximate surface area is 85.8 Å². The van der Waals surface area contributed by atoms with E-state index in [0.29, 0.717) is 0 Å². The van der Waals surface area contributed by atoms with Gasteiger partial charge in [0.05, 0.1) is 6.54 Å². The van der Waals surface area contributed by atoms with Crippen LogP contribution in [0.4, 0.5) is 0 Å². The molecule has 0 aromatic carbocycles. The summed E-state index contributed by atoms with van der Waals surface area (Å²) in [4.78, 5) is 9.79. The lowest BCUT2D eigenvalue weighted by Crippen LogP contribution is -1.80. The molecule has 0 radical (unpaired) electrons. The molecule has 0 saturated carbocycles. The van der Waals surface area contributed by atoms with E-state index in [4.69, 9.17) is 5.53 Å². The summed E-state index contributed by atoms with van der Waals surface area (Å²) < 4.78 is 0. The topological polar surface area (TPSA) is 77.4 Å². The first kappa shape index (κ1) is 9.13. The molecule has 0 fully saturated rings. The molecule has 0 spiro atoms. The first-order valence-electron chi connectivity index (χ1n) is 4.33. The zero-order valence-electron chi connectivity index (χ0n) is 7.81. The van der Waals surface area contributed by atoms with Gasteiger partial charge in [0.2, 0.25) is 0 Å². The van der Waals surface area contributed by atoms with Gasteiger partial charge in [-0.25, -0.2) is 4.98 Å². The smallest absolute Gasteiger partial charge is 0.137 e. The Kier molecular flexibility index (Phi) is 2.54. The normalized spacial score (nSPS) is 9.07. The second kappa shape index (κ2) is 4.18. The number of aromatic nitrogens is 2. The number of fused-ring (bicyclic) bond motifs is 1. The van der Waals surface area contributed by atoms with Gasteiger partial charge in [-0.1, -0.05) is 17.0 Å². The SMILES string of the molecule is [N-]=[N+]=NCC#Cc1cnc2[nH]ccc2c1. The summed E-state index contributed by atoms with van der Waals surface area (Å²) in [6, 6.07) is 3.86. The van der Waals surface area contributed by atoms with Gasteiger partial charge < -0.3 is 4.98 Å². The molecular formula is C10H7N5. The van der Waals surface area contributed by atoms with Gasteiger partial charge in [0.1, 0.15) is 5.65 Å². The number of rotatable bonds is 1. The van der Waals surface area contributed by atoms with Gasteiger partial charge >= 0.3 is 0 Å². The number of azide groups is 1. The Morgan fingerprint density at radius 2 is 2.53 bits per heavy atom. The van der Waals surface area contributed by atoms with Gasteiger partial charge in [0.15, 0.2) is 0 Å². The van der Waals surface area contributed by atoms with Crippen LogP contribution in [0.15, 0.2) is 29.6 Å². The highest BCUT2D eigenvalue weighted by atomic mass is 15.1. The molecule has 2 rings (SSSR count). The second-order valence-electron chi connectivity index (χ2n) is 2.83. The van der Waals surface area contributed by atoms with Gasteiger partial charge in [0.25, 0.3) is 0 Å². The minimum atomic E-state index is 0.182. The maximum Gasteiger partial charge on any atom is 0.137 e. The van der Waals surface area contributed by atoms with Crippen LogP contribution < -0.4 is 0 Å². The van der Waals surface area contributed by atoms with Crippen molar-refractivity contribution in [3.8, 4) is 11.8 Å². The van der Waals surface area contributed by atoms with E-state index in [2.05, 4.69) is 31.8 Å². The number of pyridine rings is 1. The number of H-pyrrole nitrogens is 1. The summed E-state index contributed by atoms with van der Waals surface area (Å²) in [5, 5.41) is 4.34. The lowest BCUT2D eigenvalue weighted by molar-refractivity contribution is 1.25. The highest BCUT2D eigenvalue weighted by Gasteiger charge is 1.94. The molecule has 0 aliphatic rings. The first-order chi connectivity index (χ1) is 7.40. The zero-order valence-corrected chi connectivity index (χ0v) is 7.81. The molecule has 2 aromatic heterocycles. The van der Waals surface area contributed by atoms with Crippen molar-refractivity contribution < 1.29 is 0 Å². The number of nitrogens with zero attached hydrogens (tertiary/aromatic N) is 4. The lowest BCUT2D eigenvalue weighted by atomic mass is 10.2. The van der Waals surface area contributed by atoms with Crippen LogP contribution in [0.5, 0.6) is 0 Å². The van der Waals surface area contributed by atoms with Crippen LogP contribution in [-0.4, -0.2) is 16.5 Å². The number of aromatic amines is 1.